The summed E-state index contributed by atoms with van der Waals surface area (Å²) in [6.45, 7) is 5.71. The molecule has 0 N–H and O–H groups in total. The van der Waals surface area contributed by atoms with Gasteiger partial charge in [0.2, 0.25) is 0 Å². The summed E-state index contributed by atoms with van der Waals surface area (Å²) >= 11 is 0. The molecule has 2 saturated heterocycles. The highest BCUT2D eigenvalue weighted by atomic mass is 16.5. The summed E-state index contributed by atoms with van der Waals surface area (Å²) < 4.78 is 5.83. The Morgan fingerprint density at radius 3 is 2.62 bits per heavy atom. The molecule has 136 valence electrons. The van der Waals surface area contributed by atoms with Crippen molar-refractivity contribution < 1.29 is 9.53 Å². The quantitative estimate of drug-likeness (QED) is 0.850. The molecule has 0 aliphatic carbocycles. The number of morpholine rings is 1. The Kier molecular flexibility index (Phi) is 4.84. The van der Waals surface area contributed by atoms with Crippen LogP contribution in [0.5, 0.6) is 0 Å². The first-order chi connectivity index (χ1) is 12.7. The van der Waals surface area contributed by atoms with E-state index >= 15 is 0 Å². The van der Waals surface area contributed by atoms with E-state index in [1.165, 1.54) is 18.5 Å². The fourth-order valence-electron chi connectivity index (χ4n) is 3.64. The molecule has 0 radical (unpaired) electrons. The van der Waals surface area contributed by atoms with Gasteiger partial charge in [0.15, 0.2) is 0 Å². The summed E-state index contributed by atoms with van der Waals surface area (Å²) in [5, 5.41) is 0. The Hall–Kier alpha value is -2.47. The first-order valence-corrected chi connectivity index (χ1v) is 9.26. The number of hydrogen-bond donors (Lipinski definition) is 0. The molecule has 2 fully saturated rings. The molecular weight excluding hydrogens is 328 g/mol. The fraction of sp³-hybridized carbons (Fsp3) is 0.450. The number of ether oxygens (including phenoxy) is 1. The SMILES string of the molecule is Cc1nccc([C@H]2CN(C(=O)c3ccc(N4CCCC4)cc3)CCO2)n1. The summed E-state index contributed by atoms with van der Waals surface area (Å²) in [6, 6.07) is 9.86. The smallest absolute Gasteiger partial charge is 0.254 e. The number of rotatable bonds is 3. The van der Waals surface area contributed by atoms with Crippen molar-refractivity contribution in [1.82, 2.24) is 14.9 Å². The Labute approximate surface area is 153 Å². The molecule has 2 aliphatic heterocycles. The van der Waals surface area contributed by atoms with Crippen LogP contribution in [0.25, 0.3) is 0 Å². The van der Waals surface area contributed by atoms with E-state index in [1.807, 2.05) is 30.0 Å². The highest BCUT2D eigenvalue weighted by molar-refractivity contribution is 5.94. The van der Waals surface area contributed by atoms with E-state index in [4.69, 9.17) is 4.74 Å². The van der Waals surface area contributed by atoms with Crippen LogP contribution in [0, 0.1) is 6.92 Å². The van der Waals surface area contributed by atoms with Crippen molar-refractivity contribution in [2.45, 2.75) is 25.9 Å². The van der Waals surface area contributed by atoms with Crippen LogP contribution < -0.4 is 4.90 Å². The van der Waals surface area contributed by atoms with Gasteiger partial charge in [0.25, 0.3) is 5.91 Å². The summed E-state index contributed by atoms with van der Waals surface area (Å²) in [6.07, 6.45) is 4.04. The average molecular weight is 352 g/mol. The van der Waals surface area contributed by atoms with E-state index in [9.17, 15) is 4.79 Å². The number of carbonyl (C=O) groups is 1. The Balaban J connectivity index is 1.45. The molecule has 0 spiro atoms. The first kappa shape index (κ1) is 17.0. The van der Waals surface area contributed by atoms with Crippen molar-refractivity contribution in [3.63, 3.8) is 0 Å². The van der Waals surface area contributed by atoms with Gasteiger partial charge < -0.3 is 14.5 Å². The highest BCUT2D eigenvalue weighted by Gasteiger charge is 2.27. The lowest BCUT2D eigenvalue weighted by molar-refractivity contribution is -0.0248. The molecule has 4 rings (SSSR count). The minimum Gasteiger partial charge on any atom is -0.372 e. The second kappa shape index (κ2) is 7.41. The van der Waals surface area contributed by atoms with Crippen molar-refractivity contribution in [3.8, 4) is 0 Å². The molecule has 6 nitrogen and oxygen atoms in total. The van der Waals surface area contributed by atoms with Gasteiger partial charge in [0, 0.05) is 37.1 Å². The van der Waals surface area contributed by atoms with E-state index in [-0.39, 0.29) is 12.0 Å². The number of hydrogen-bond acceptors (Lipinski definition) is 5. The predicted molar refractivity (Wildman–Crippen MR) is 99.3 cm³/mol. The Morgan fingerprint density at radius 1 is 1.12 bits per heavy atom. The zero-order chi connectivity index (χ0) is 17.9. The summed E-state index contributed by atoms with van der Waals surface area (Å²) in [7, 11) is 0. The molecule has 1 aromatic carbocycles. The largest absolute Gasteiger partial charge is 0.372 e. The van der Waals surface area contributed by atoms with Gasteiger partial charge in [-0.1, -0.05) is 0 Å². The lowest BCUT2D eigenvalue weighted by Crippen LogP contribution is -2.42. The predicted octanol–water partition coefficient (Wildman–Crippen LogP) is 2.60. The number of anilines is 1. The number of aromatic nitrogens is 2. The summed E-state index contributed by atoms with van der Waals surface area (Å²) in [5.74, 6) is 0.768. The van der Waals surface area contributed by atoms with Crippen LogP contribution in [0.4, 0.5) is 5.69 Å². The maximum atomic E-state index is 12.9. The molecule has 1 aromatic heterocycles. The molecule has 1 amide bonds. The molecule has 0 unspecified atom stereocenters. The van der Waals surface area contributed by atoms with Gasteiger partial charge in [-0.05, 0) is 50.1 Å². The van der Waals surface area contributed by atoms with E-state index in [2.05, 4.69) is 27.0 Å². The third-order valence-electron chi connectivity index (χ3n) is 5.07. The number of benzene rings is 1. The van der Waals surface area contributed by atoms with E-state index in [0.29, 0.717) is 25.5 Å². The minimum absolute atomic E-state index is 0.0528. The molecule has 6 heteroatoms. The number of amides is 1. The molecule has 0 saturated carbocycles. The molecule has 1 atom stereocenters. The van der Waals surface area contributed by atoms with Gasteiger partial charge in [-0.15, -0.1) is 0 Å². The maximum absolute atomic E-state index is 12.9. The van der Waals surface area contributed by atoms with Crippen LogP contribution in [0.3, 0.4) is 0 Å². The lowest BCUT2D eigenvalue weighted by Gasteiger charge is -2.32. The van der Waals surface area contributed by atoms with E-state index < -0.39 is 0 Å². The molecule has 0 bridgehead atoms. The van der Waals surface area contributed by atoms with Gasteiger partial charge in [-0.2, -0.15) is 0 Å². The number of aryl methyl sites for hydroxylation is 1. The number of carbonyl (C=O) groups excluding carboxylic acids is 1. The topological polar surface area (TPSA) is 58.6 Å². The van der Waals surface area contributed by atoms with Crippen molar-refractivity contribution in [1.29, 1.82) is 0 Å². The first-order valence-electron chi connectivity index (χ1n) is 9.26. The number of nitrogens with zero attached hydrogens (tertiary/aromatic N) is 4. The van der Waals surface area contributed by atoms with Gasteiger partial charge >= 0.3 is 0 Å². The molecule has 3 heterocycles. The van der Waals surface area contributed by atoms with Crippen LogP contribution in [-0.4, -0.2) is 53.6 Å². The third-order valence-corrected chi connectivity index (χ3v) is 5.07. The molecule has 2 aliphatic rings. The van der Waals surface area contributed by atoms with Gasteiger partial charge in [-0.3, -0.25) is 4.79 Å². The van der Waals surface area contributed by atoms with Crippen molar-refractivity contribution in [3.05, 3.63) is 53.6 Å². The second-order valence-corrected chi connectivity index (χ2v) is 6.88. The zero-order valence-electron chi connectivity index (χ0n) is 15.1. The van der Waals surface area contributed by atoms with E-state index in [0.717, 1.165) is 24.3 Å². The van der Waals surface area contributed by atoms with Gasteiger partial charge in [-0.25, -0.2) is 9.97 Å². The van der Waals surface area contributed by atoms with Crippen molar-refractivity contribution in [2.24, 2.45) is 0 Å². The molecular formula is C20H24N4O2. The van der Waals surface area contributed by atoms with Crippen LogP contribution in [0.15, 0.2) is 36.5 Å². The highest BCUT2D eigenvalue weighted by Crippen LogP contribution is 2.24. The standard InChI is InChI=1S/C20H24N4O2/c1-15-21-9-8-18(22-15)19-14-24(12-13-26-19)20(25)16-4-6-17(7-5-16)23-10-2-3-11-23/h4-9,19H,2-3,10-14H2,1H3/t19-/m1/s1. The fourth-order valence-corrected chi connectivity index (χ4v) is 3.64. The van der Waals surface area contributed by atoms with Crippen LogP contribution in [-0.2, 0) is 4.74 Å². The zero-order valence-corrected chi connectivity index (χ0v) is 15.1. The third kappa shape index (κ3) is 3.55. The minimum atomic E-state index is -0.196. The second-order valence-electron chi connectivity index (χ2n) is 6.88. The average Bonchev–Trinajstić information content (AvgIpc) is 3.22. The van der Waals surface area contributed by atoms with Crippen LogP contribution in [0.2, 0.25) is 0 Å². The van der Waals surface area contributed by atoms with Crippen LogP contribution in [0.1, 0.15) is 40.8 Å². The summed E-state index contributed by atoms with van der Waals surface area (Å²) in [4.78, 5) is 25.7. The molecule has 2 aromatic rings. The Morgan fingerprint density at radius 2 is 1.88 bits per heavy atom. The van der Waals surface area contributed by atoms with E-state index in [1.54, 1.807) is 6.20 Å². The summed E-state index contributed by atoms with van der Waals surface area (Å²) in [5.41, 5.74) is 2.77. The van der Waals surface area contributed by atoms with Gasteiger partial charge in [0.1, 0.15) is 11.9 Å². The van der Waals surface area contributed by atoms with Crippen LogP contribution >= 0.6 is 0 Å². The van der Waals surface area contributed by atoms with Crippen molar-refractivity contribution >= 4 is 11.6 Å². The monoisotopic (exact) mass is 352 g/mol. The van der Waals surface area contributed by atoms with Crippen molar-refractivity contribution in [2.75, 3.05) is 37.7 Å². The Bertz CT molecular complexity index is 772. The van der Waals surface area contributed by atoms with Gasteiger partial charge in [0.05, 0.1) is 18.8 Å². The molecule has 26 heavy (non-hydrogen) atoms. The maximum Gasteiger partial charge on any atom is 0.254 e. The normalized spacial score (nSPS) is 20.4. The lowest BCUT2D eigenvalue weighted by atomic mass is 10.1.